The maximum Gasteiger partial charge on any atom is 0.228 e. The van der Waals surface area contributed by atoms with Gasteiger partial charge in [0.2, 0.25) is 5.91 Å². The lowest BCUT2D eigenvalue weighted by molar-refractivity contribution is -0.121. The quantitative estimate of drug-likeness (QED) is 0.736. The van der Waals surface area contributed by atoms with Gasteiger partial charge >= 0.3 is 0 Å². The summed E-state index contributed by atoms with van der Waals surface area (Å²) in [6.07, 6.45) is 3.08. The monoisotopic (exact) mass is 440 g/mol. The largest absolute Gasteiger partial charge is 0.490 e. The minimum atomic E-state index is -0.0703. The molecule has 2 fully saturated rings. The summed E-state index contributed by atoms with van der Waals surface area (Å²) >= 11 is 6.07. The first-order chi connectivity index (χ1) is 15.1. The van der Waals surface area contributed by atoms with Crippen molar-refractivity contribution >= 4 is 29.1 Å². The highest BCUT2D eigenvalue weighted by molar-refractivity contribution is 6.31. The molecule has 8 nitrogen and oxygen atoms in total. The number of piperazine rings is 1. The molecule has 2 heterocycles. The molecule has 2 aromatic rings. The third kappa shape index (κ3) is 5.43. The van der Waals surface area contributed by atoms with Gasteiger partial charge < -0.3 is 20.3 Å². The van der Waals surface area contributed by atoms with Gasteiger partial charge in [-0.3, -0.25) is 4.79 Å². The average molecular weight is 441 g/mol. The van der Waals surface area contributed by atoms with E-state index in [2.05, 4.69) is 25.7 Å². The molecule has 0 radical (unpaired) electrons. The number of hydrogen-bond donors (Lipinski definition) is 2. The number of nitriles is 1. The van der Waals surface area contributed by atoms with Crippen LogP contribution >= 0.6 is 11.6 Å². The van der Waals surface area contributed by atoms with Crippen LogP contribution in [0.15, 0.2) is 30.3 Å². The first-order valence-corrected chi connectivity index (χ1v) is 11.0. The van der Waals surface area contributed by atoms with Crippen molar-refractivity contribution in [1.29, 1.82) is 5.26 Å². The number of hydrogen-bond acceptors (Lipinski definition) is 7. The number of carbonyl (C=O) groups excluding carboxylic acids is 1. The summed E-state index contributed by atoms with van der Waals surface area (Å²) in [6, 6.07) is 10.8. The number of amides is 1. The van der Waals surface area contributed by atoms with Crippen LogP contribution in [-0.4, -0.2) is 48.4 Å². The molecule has 4 rings (SSSR count). The molecule has 1 saturated heterocycles. The Morgan fingerprint density at radius 2 is 1.94 bits per heavy atom. The molecule has 1 aromatic heterocycles. The molecule has 1 amide bonds. The Labute approximate surface area is 186 Å². The molecule has 0 atom stereocenters. The molecule has 1 aliphatic carbocycles. The van der Waals surface area contributed by atoms with Crippen molar-refractivity contribution in [2.75, 3.05) is 36.4 Å². The highest BCUT2D eigenvalue weighted by atomic mass is 35.5. The van der Waals surface area contributed by atoms with Crippen molar-refractivity contribution < 1.29 is 9.53 Å². The van der Waals surface area contributed by atoms with E-state index in [4.69, 9.17) is 21.6 Å². The van der Waals surface area contributed by atoms with Crippen LogP contribution in [-0.2, 0) is 4.79 Å². The number of ether oxygens (including phenoxy) is 1. The lowest BCUT2D eigenvalue weighted by Gasteiger charge is -2.28. The Morgan fingerprint density at radius 1 is 1.16 bits per heavy atom. The van der Waals surface area contributed by atoms with Crippen molar-refractivity contribution in [3.8, 4) is 11.8 Å². The number of benzene rings is 1. The fourth-order valence-electron chi connectivity index (χ4n) is 3.98. The smallest absolute Gasteiger partial charge is 0.228 e. The maximum absolute atomic E-state index is 12.6. The van der Waals surface area contributed by atoms with Crippen LogP contribution in [0, 0.1) is 17.2 Å². The maximum atomic E-state index is 12.6. The molecule has 31 heavy (non-hydrogen) atoms. The van der Waals surface area contributed by atoms with E-state index in [0.29, 0.717) is 22.2 Å². The molecular weight excluding hydrogens is 416 g/mol. The summed E-state index contributed by atoms with van der Waals surface area (Å²) in [7, 11) is 0. The van der Waals surface area contributed by atoms with Gasteiger partial charge in [0.1, 0.15) is 11.8 Å². The van der Waals surface area contributed by atoms with Crippen molar-refractivity contribution in [2.24, 2.45) is 5.92 Å². The first kappa shape index (κ1) is 21.3. The van der Waals surface area contributed by atoms with Gasteiger partial charge in [0.15, 0.2) is 11.6 Å². The topological polar surface area (TPSA) is 103 Å². The van der Waals surface area contributed by atoms with Crippen molar-refractivity contribution in [3.63, 3.8) is 0 Å². The fraction of sp³-hybridized carbons (Fsp3) is 0.455. The summed E-state index contributed by atoms with van der Waals surface area (Å²) in [5.74, 6) is 1.87. The van der Waals surface area contributed by atoms with Crippen molar-refractivity contribution in [2.45, 2.75) is 31.8 Å². The van der Waals surface area contributed by atoms with Gasteiger partial charge in [-0.15, -0.1) is 10.2 Å². The van der Waals surface area contributed by atoms with Crippen molar-refractivity contribution in [1.82, 2.24) is 15.5 Å². The van der Waals surface area contributed by atoms with Gasteiger partial charge in [-0.1, -0.05) is 11.6 Å². The lowest BCUT2D eigenvalue weighted by atomic mass is 9.86. The molecule has 1 aliphatic heterocycles. The Morgan fingerprint density at radius 3 is 2.58 bits per heavy atom. The van der Waals surface area contributed by atoms with Crippen LogP contribution in [0.25, 0.3) is 0 Å². The van der Waals surface area contributed by atoms with Crippen LogP contribution < -0.4 is 20.3 Å². The summed E-state index contributed by atoms with van der Waals surface area (Å²) in [4.78, 5) is 14.8. The summed E-state index contributed by atoms with van der Waals surface area (Å²) < 4.78 is 6.00. The Kier molecular flexibility index (Phi) is 6.85. The normalized spacial score (nSPS) is 21.2. The van der Waals surface area contributed by atoms with Crippen LogP contribution in [0.3, 0.4) is 0 Å². The number of nitrogens with zero attached hydrogens (tertiary/aromatic N) is 4. The van der Waals surface area contributed by atoms with E-state index in [1.807, 2.05) is 18.2 Å². The van der Waals surface area contributed by atoms with E-state index in [1.165, 1.54) is 0 Å². The molecule has 2 N–H and O–H groups in total. The number of nitrogens with one attached hydrogen (secondary N) is 2. The van der Waals surface area contributed by atoms with E-state index < -0.39 is 0 Å². The average Bonchev–Trinajstić information content (AvgIpc) is 2.81. The van der Waals surface area contributed by atoms with Gasteiger partial charge in [0.25, 0.3) is 0 Å². The second-order valence-electron chi connectivity index (χ2n) is 7.85. The van der Waals surface area contributed by atoms with E-state index in [9.17, 15) is 4.79 Å². The molecule has 1 saturated carbocycles. The molecule has 162 valence electrons. The minimum absolute atomic E-state index is 0.0240. The highest BCUT2D eigenvalue weighted by Crippen LogP contribution is 2.30. The predicted octanol–water partition coefficient (Wildman–Crippen LogP) is 2.99. The zero-order chi connectivity index (χ0) is 21.6. The minimum Gasteiger partial charge on any atom is -0.490 e. The summed E-state index contributed by atoms with van der Waals surface area (Å²) in [5.41, 5.74) is 0.429. The fourth-order valence-corrected chi connectivity index (χ4v) is 4.19. The zero-order valence-electron chi connectivity index (χ0n) is 17.2. The van der Waals surface area contributed by atoms with E-state index in [0.717, 1.165) is 57.7 Å². The Balaban J connectivity index is 1.25. The molecule has 0 unspecified atom stereocenters. The zero-order valence-corrected chi connectivity index (χ0v) is 17.9. The van der Waals surface area contributed by atoms with Gasteiger partial charge in [-0.25, -0.2) is 0 Å². The van der Waals surface area contributed by atoms with Crippen LogP contribution in [0.4, 0.5) is 11.6 Å². The van der Waals surface area contributed by atoms with Crippen molar-refractivity contribution in [3.05, 3.63) is 40.9 Å². The number of carbonyl (C=O) groups is 1. The van der Waals surface area contributed by atoms with Gasteiger partial charge in [-0.05, 0) is 49.9 Å². The predicted molar refractivity (Wildman–Crippen MR) is 118 cm³/mol. The van der Waals surface area contributed by atoms with Crippen LogP contribution in [0.2, 0.25) is 5.02 Å². The van der Waals surface area contributed by atoms with Crippen LogP contribution in [0.1, 0.15) is 31.2 Å². The number of anilines is 2. The second kappa shape index (κ2) is 9.94. The van der Waals surface area contributed by atoms with Gasteiger partial charge in [-0.2, -0.15) is 5.26 Å². The molecule has 9 heteroatoms. The SMILES string of the molecule is N#Cc1ccc(OC2CCC(C(=O)Nc3ccc(N4CCNCC4)nn3)CC2)cc1Cl. The number of halogens is 1. The van der Waals surface area contributed by atoms with Gasteiger partial charge in [0.05, 0.1) is 16.7 Å². The number of aromatic nitrogens is 2. The van der Waals surface area contributed by atoms with Gasteiger partial charge in [0, 0.05) is 38.2 Å². The summed E-state index contributed by atoms with van der Waals surface area (Å²) in [6.45, 7) is 3.68. The highest BCUT2D eigenvalue weighted by Gasteiger charge is 2.28. The summed E-state index contributed by atoms with van der Waals surface area (Å²) in [5, 5.41) is 24.0. The number of rotatable bonds is 5. The standard InChI is InChI=1S/C22H25ClN6O2/c23-19-13-18(6-3-16(19)14-24)31-17-4-1-15(2-5-17)22(30)26-20-7-8-21(28-27-20)29-11-9-25-10-12-29/h3,6-8,13,15,17,25H,1-2,4-5,9-12H2,(H,26,27,30). The third-order valence-electron chi connectivity index (χ3n) is 5.75. The second-order valence-corrected chi connectivity index (χ2v) is 8.26. The molecular formula is C22H25ClN6O2. The van der Waals surface area contributed by atoms with Crippen LogP contribution in [0.5, 0.6) is 5.75 Å². The van der Waals surface area contributed by atoms with E-state index >= 15 is 0 Å². The Bertz CT molecular complexity index is 947. The molecule has 1 aromatic carbocycles. The van der Waals surface area contributed by atoms with E-state index in [-0.39, 0.29) is 17.9 Å². The molecule has 0 bridgehead atoms. The lowest BCUT2D eigenvalue weighted by Crippen LogP contribution is -2.44. The Hall–Kier alpha value is -2.89. The first-order valence-electron chi connectivity index (χ1n) is 10.6. The molecule has 2 aliphatic rings. The van der Waals surface area contributed by atoms with E-state index in [1.54, 1.807) is 18.2 Å². The molecule has 0 spiro atoms. The third-order valence-corrected chi connectivity index (χ3v) is 6.06.